The van der Waals surface area contributed by atoms with E-state index in [1.807, 2.05) is 0 Å². The molecule has 3 nitrogen and oxygen atoms in total. The number of rotatable bonds is 5. The van der Waals surface area contributed by atoms with Crippen LogP contribution in [0, 0.1) is 23.3 Å². The van der Waals surface area contributed by atoms with Gasteiger partial charge in [-0.05, 0) is 6.92 Å². The van der Waals surface area contributed by atoms with Crippen molar-refractivity contribution in [2.45, 2.75) is 13.0 Å². The molecular weight excluding hydrogens is 264 g/mol. The first kappa shape index (κ1) is 15.0. The van der Waals surface area contributed by atoms with Crippen molar-refractivity contribution in [2.24, 2.45) is 0 Å². The van der Waals surface area contributed by atoms with E-state index >= 15 is 0 Å². The third-order valence-electron chi connectivity index (χ3n) is 2.29. The Morgan fingerprint density at radius 1 is 1.32 bits per heavy atom. The van der Waals surface area contributed by atoms with Crippen LogP contribution in [-0.4, -0.2) is 18.5 Å². The molecule has 104 valence electrons. The fourth-order valence-corrected chi connectivity index (χ4v) is 1.31. The molecule has 0 spiro atoms. The lowest BCUT2D eigenvalue weighted by molar-refractivity contribution is -0.121. The Morgan fingerprint density at radius 2 is 1.84 bits per heavy atom. The second-order valence-corrected chi connectivity index (χ2v) is 3.74. The van der Waals surface area contributed by atoms with Crippen molar-refractivity contribution in [3.05, 3.63) is 42.0 Å². The number of benzene rings is 1. The van der Waals surface area contributed by atoms with Gasteiger partial charge in [-0.15, -0.1) is 6.58 Å². The Kier molecular flexibility index (Phi) is 4.91. The SMILES string of the molecule is C=CCNC(=O)C(C)Nc1c(F)c(F)cc(F)c1F. The molecule has 0 aliphatic heterocycles. The van der Waals surface area contributed by atoms with Gasteiger partial charge in [-0.3, -0.25) is 4.79 Å². The highest BCUT2D eigenvalue weighted by Crippen LogP contribution is 2.24. The molecule has 0 aromatic heterocycles. The third-order valence-corrected chi connectivity index (χ3v) is 2.29. The van der Waals surface area contributed by atoms with Gasteiger partial charge in [-0.25, -0.2) is 17.6 Å². The van der Waals surface area contributed by atoms with Crippen molar-refractivity contribution in [3.8, 4) is 0 Å². The summed E-state index contributed by atoms with van der Waals surface area (Å²) in [5.74, 6) is -6.84. The summed E-state index contributed by atoms with van der Waals surface area (Å²) in [6.07, 6.45) is 1.41. The van der Waals surface area contributed by atoms with Crippen molar-refractivity contribution in [3.63, 3.8) is 0 Å². The second-order valence-electron chi connectivity index (χ2n) is 3.74. The van der Waals surface area contributed by atoms with E-state index in [1.54, 1.807) is 0 Å². The monoisotopic (exact) mass is 276 g/mol. The molecule has 0 saturated carbocycles. The normalized spacial score (nSPS) is 11.8. The average molecular weight is 276 g/mol. The first-order valence-electron chi connectivity index (χ1n) is 5.36. The topological polar surface area (TPSA) is 41.1 Å². The van der Waals surface area contributed by atoms with Crippen LogP contribution in [0.2, 0.25) is 0 Å². The smallest absolute Gasteiger partial charge is 0.242 e. The lowest BCUT2D eigenvalue weighted by atomic mass is 10.2. The van der Waals surface area contributed by atoms with E-state index in [4.69, 9.17) is 0 Å². The molecule has 19 heavy (non-hydrogen) atoms. The number of amides is 1. The van der Waals surface area contributed by atoms with Crippen LogP contribution < -0.4 is 10.6 Å². The van der Waals surface area contributed by atoms with Crippen LogP contribution in [0.15, 0.2) is 18.7 Å². The quantitative estimate of drug-likeness (QED) is 0.492. The van der Waals surface area contributed by atoms with E-state index in [1.165, 1.54) is 13.0 Å². The fraction of sp³-hybridized carbons (Fsp3) is 0.250. The van der Waals surface area contributed by atoms with Gasteiger partial charge in [-0.2, -0.15) is 0 Å². The van der Waals surface area contributed by atoms with Crippen LogP contribution in [0.3, 0.4) is 0 Å². The summed E-state index contributed by atoms with van der Waals surface area (Å²) < 4.78 is 52.5. The predicted molar refractivity (Wildman–Crippen MR) is 62.6 cm³/mol. The van der Waals surface area contributed by atoms with Crippen LogP contribution in [0.4, 0.5) is 23.2 Å². The molecule has 0 radical (unpaired) electrons. The summed E-state index contributed by atoms with van der Waals surface area (Å²) in [6, 6.07) is -0.983. The van der Waals surface area contributed by atoms with Crippen molar-refractivity contribution < 1.29 is 22.4 Å². The summed E-state index contributed by atoms with van der Waals surface area (Å²) in [7, 11) is 0. The molecule has 1 amide bonds. The van der Waals surface area contributed by atoms with E-state index in [0.717, 1.165) is 0 Å². The van der Waals surface area contributed by atoms with Gasteiger partial charge in [0, 0.05) is 12.6 Å². The molecule has 0 bridgehead atoms. The molecule has 1 rings (SSSR count). The minimum absolute atomic E-state index is 0.0955. The standard InChI is InChI=1S/C12H12F4N2O/c1-3-4-17-12(19)6(2)18-11-9(15)7(13)5-8(14)10(11)16/h3,5-6,18H,1,4H2,2H3,(H,17,19). The first-order valence-corrected chi connectivity index (χ1v) is 5.36. The Labute approximate surface area is 107 Å². The molecule has 0 heterocycles. The molecule has 1 unspecified atom stereocenters. The Hall–Kier alpha value is -2.05. The van der Waals surface area contributed by atoms with Gasteiger partial charge in [0.1, 0.15) is 11.7 Å². The van der Waals surface area contributed by atoms with Gasteiger partial charge in [0.25, 0.3) is 0 Å². The van der Waals surface area contributed by atoms with Gasteiger partial charge in [0.15, 0.2) is 23.3 Å². The summed E-state index contributed by atoms with van der Waals surface area (Å²) >= 11 is 0. The maximum absolute atomic E-state index is 13.3. The van der Waals surface area contributed by atoms with Crippen molar-refractivity contribution in [1.82, 2.24) is 5.32 Å². The Bertz CT molecular complexity index is 479. The van der Waals surface area contributed by atoms with Gasteiger partial charge in [-0.1, -0.05) is 6.08 Å². The fourth-order valence-electron chi connectivity index (χ4n) is 1.31. The summed E-state index contributed by atoms with van der Waals surface area (Å²) in [5.41, 5.74) is -1.02. The van der Waals surface area contributed by atoms with Crippen LogP contribution in [0.25, 0.3) is 0 Å². The Morgan fingerprint density at radius 3 is 2.32 bits per heavy atom. The number of halogens is 4. The molecule has 1 aromatic carbocycles. The zero-order chi connectivity index (χ0) is 14.6. The summed E-state index contributed by atoms with van der Waals surface area (Å²) in [6.45, 7) is 4.82. The molecule has 1 atom stereocenters. The second kappa shape index (κ2) is 6.21. The minimum atomic E-state index is -1.58. The molecule has 1 aromatic rings. The lowest BCUT2D eigenvalue weighted by Gasteiger charge is -2.16. The predicted octanol–water partition coefficient (Wildman–Crippen LogP) is 2.35. The largest absolute Gasteiger partial charge is 0.369 e. The highest BCUT2D eigenvalue weighted by atomic mass is 19.2. The van der Waals surface area contributed by atoms with E-state index < -0.39 is 40.9 Å². The van der Waals surface area contributed by atoms with Crippen molar-refractivity contribution in [1.29, 1.82) is 0 Å². The zero-order valence-electron chi connectivity index (χ0n) is 10.1. The molecule has 0 aliphatic carbocycles. The highest BCUT2D eigenvalue weighted by Gasteiger charge is 2.22. The van der Waals surface area contributed by atoms with Gasteiger partial charge >= 0.3 is 0 Å². The van der Waals surface area contributed by atoms with Crippen molar-refractivity contribution in [2.75, 3.05) is 11.9 Å². The highest BCUT2D eigenvalue weighted by molar-refractivity contribution is 5.84. The number of anilines is 1. The van der Waals surface area contributed by atoms with Gasteiger partial charge in [0.05, 0.1) is 0 Å². The summed E-state index contributed by atoms with van der Waals surface area (Å²) in [4.78, 5) is 11.4. The van der Waals surface area contributed by atoms with Crippen LogP contribution in [0.5, 0.6) is 0 Å². The number of carbonyl (C=O) groups excluding carboxylic acids is 1. The number of hydrogen-bond donors (Lipinski definition) is 2. The molecule has 0 saturated heterocycles. The molecule has 2 N–H and O–H groups in total. The maximum atomic E-state index is 13.3. The zero-order valence-corrected chi connectivity index (χ0v) is 10.1. The van der Waals surface area contributed by atoms with E-state index in [2.05, 4.69) is 17.2 Å². The molecule has 7 heteroatoms. The van der Waals surface area contributed by atoms with E-state index in [0.29, 0.717) is 0 Å². The lowest BCUT2D eigenvalue weighted by Crippen LogP contribution is -2.38. The molecule has 0 aliphatic rings. The van der Waals surface area contributed by atoms with Crippen LogP contribution in [-0.2, 0) is 4.79 Å². The van der Waals surface area contributed by atoms with E-state index in [-0.39, 0.29) is 12.6 Å². The van der Waals surface area contributed by atoms with Gasteiger partial charge in [0.2, 0.25) is 5.91 Å². The number of carbonyl (C=O) groups is 1. The minimum Gasteiger partial charge on any atom is -0.369 e. The number of hydrogen-bond acceptors (Lipinski definition) is 2. The Balaban J connectivity index is 2.93. The molecular formula is C12H12F4N2O. The summed E-state index contributed by atoms with van der Waals surface area (Å²) in [5, 5.41) is 4.46. The van der Waals surface area contributed by atoms with Crippen molar-refractivity contribution >= 4 is 11.6 Å². The number of nitrogens with one attached hydrogen (secondary N) is 2. The van der Waals surface area contributed by atoms with Crippen LogP contribution in [0.1, 0.15) is 6.92 Å². The average Bonchev–Trinajstić information content (AvgIpc) is 2.38. The molecule has 0 fully saturated rings. The van der Waals surface area contributed by atoms with Gasteiger partial charge < -0.3 is 10.6 Å². The van der Waals surface area contributed by atoms with Crippen LogP contribution >= 0.6 is 0 Å². The maximum Gasteiger partial charge on any atom is 0.242 e. The van der Waals surface area contributed by atoms with E-state index in [9.17, 15) is 22.4 Å². The first-order chi connectivity index (χ1) is 8.88. The third kappa shape index (κ3) is 3.46.